The van der Waals surface area contributed by atoms with Gasteiger partial charge in [0.25, 0.3) is 5.91 Å². The molecule has 7 nitrogen and oxygen atoms in total. The Morgan fingerprint density at radius 1 is 0.925 bits per heavy atom. The summed E-state index contributed by atoms with van der Waals surface area (Å²) in [6.07, 6.45) is 3.35. The summed E-state index contributed by atoms with van der Waals surface area (Å²) in [7, 11) is 0. The highest BCUT2D eigenvalue weighted by Crippen LogP contribution is 2.28. The van der Waals surface area contributed by atoms with Gasteiger partial charge < -0.3 is 9.73 Å². The molecular formula is C32H25ClN4O3. The second kappa shape index (κ2) is 10.8. The molecule has 0 fully saturated rings. The number of unbranched alkanes of at least 4 members (excludes halogenated alkanes) is 1. The van der Waals surface area contributed by atoms with E-state index in [-0.39, 0.29) is 5.91 Å². The Morgan fingerprint density at radius 3 is 2.50 bits per heavy atom. The summed E-state index contributed by atoms with van der Waals surface area (Å²) in [6, 6.07) is 27.5. The summed E-state index contributed by atoms with van der Waals surface area (Å²) in [5.41, 5.74) is 5.11. The van der Waals surface area contributed by atoms with E-state index in [2.05, 4.69) is 34.6 Å². The minimum absolute atomic E-state index is 0.342. The lowest BCUT2D eigenvalue weighted by Crippen LogP contribution is -2.12. The van der Waals surface area contributed by atoms with Crippen LogP contribution in [0.4, 0.5) is 5.69 Å². The normalized spacial score (nSPS) is 11.2. The number of halogens is 1. The van der Waals surface area contributed by atoms with Crippen LogP contribution in [-0.2, 0) is 6.42 Å². The predicted molar refractivity (Wildman–Crippen MR) is 158 cm³/mol. The number of nitrogens with one attached hydrogen (secondary N) is 1. The van der Waals surface area contributed by atoms with Crippen molar-refractivity contribution in [2.24, 2.45) is 0 Å². The number of amides is 1. The first-order valence-corrected chi connectivity index (χ1v) is 13.5. The van der Waals surface area contributed by atoms with E-state index in [0.29, 0.717) is 44.0 Å². The quantitative estimate of drug-likeness (QED) is 0.209. The summed E-state index contributed by atoms with van der Waals surface area (Å²) < 4.78 is 5.47. The standard InChI is InChI=1S/C32H25ClN4O3/c1-2-3-7-20-12-14-24(15-13-20)37-35-28-18-26(33)27(19-29(28)36-37)34-31(38)23-10-6-9-21(16-23)25-17-22-8-4-5-11-30(22)40-32(25)39/h4-6,8-19H,2-3,7H2,1H3,(H,34,38). The molecule has 0 bridgehead atoms. The van der Waals surface area contributed by atoms with Gasteiger partial charge in [-0.1, -0.05) is 67.4 Å². The first-order valence-electron chi connectivity index (χ1n) is 13.1. The van der Waals surface area contributed by atoms with Gasteiger partial charge in [-0.25, -0.2) is 4.79 Å². The van der Waals surface area contributed by atoms with Crippen molar-refractivity contribution >= 4 is 45.2 Å². The fourth-order valence-corrected chi connectivity index (χ4v) is 4.82. The molecule has 0 aliphatic heterocycles. The topological polar surface area (TPSA) is 90.0 Å². The summed E-state index contributed by atoms with van der Waals surface area (Å²) in [4.78, 5) is 27.4. The average Bonchev–Trinajstić information content (AvgIpc) is 3.38. The van der Waals surface area contributed by atoms with Crippen LogP contribution in [0, 0.1) is 0 Å². The lowest BCUT2D eigenvalue weighted by Gasteiger charge is -2.09. The van der Waals surface area contributed by atoms with Crippen molar-refractivity contribution in [3.63, 3.8) is 0 Å². The van der Waals surface area contributed by atoms with Crippen LogP contribution < -0.4 is 10.9 Å². The Morgan fingerprint density at radius 2 is 1.70 bits per heavy atom. The Bertz CT molecular complexity index is 1930. The molecule has 6 rings (SSSR count). The molecule has 0 aliphatic rings. The molecule has 0 atom stereocenters. The molecule has 0 saturated carbocycles. The molecular weight excluding hydrogens is 524 g/mol. The molecule has 8 heteroatoms. The molecule has 0 unspecified atom stereocenters. The minimum Gasteiger partial charge on any atom is -0.422 e. The molecule has 0 spiro atoms. The number of aryl methyl sites for hydroxylation is 1. The van der Waals surface area contributed by atoms with E-state index in [1.807, 2.05) is 30.3 Å². The summed E-state index contributed by atoms with van der Waals surface area (Å²) in [5, 5.41) is 13.2. The minimum atomic E-state index is -0.469. The number of para-hydroxylation sites is 1. The van der Waals surface area contributed by atoms with Crippen molar-refractivity contribution in [3.05, 3.63) is 118 Å². The molecule has 1 N–H and O–H groups in total. The van der Waals surface area contributed by atoms with E-state index in [9.17, 15) is 9.59 Å². The molecule has 0 aliphatic carbocycles. The van der Waals surface area contributed by atoms with Gasteiger partial charge >= 0.3 is 5.63 Å². The van der Waals surface area contributed by atoms with Crippen LogP contribution in [0.15, 0.2) is 100 Å². The fraction of sp³-hybridized carbons (Fsp3) is 0.125. The maximum Gasteiger partial charge on any atom is 0.344 e. The van der Waals surface area contributed by atoms with Crippen LogP contribution in [0.3, 0.4) is 0 Å². The third-order valence-electron chi connectivity index (χ3n) is 6.78. The van der Waals surface area contributed by atoms with Gasteiger partial charge in [-0.3, -0.25) is 4.79 Å². The van der Waals surface area contributed by atoms with Gasteiger partial charge in [0, 0.05) is 10.9 Å². The zero-order valence-electron chi connectivity index (χ0n) is 21.7. The Hall–Kier alpha value is -4.75. The van der Waals surface area contributed by atoms with E-state index in [4.69, 9.17) is 16.0 Å². The van der Waals surface area contributed by atoms with Crippen LogP contribution in [0.25, 0.3) is 38.8 Å². The zero-order valence-corrected chi connectivity index (χ0v) is 22.5. The first kappa shape index (κ1) is 25.5. The van der Waals surface area contributed by atoms with E-state index >= 15 is 0 Å². The molecule has 40 heavy (non-hydrogen) atoms. The third-order valence-corrected chi connectivity index (χ3v) is 7.09. The van der Waals surface area contributed by atoms with Crippen LogP contribution in [0.5, 0.6) is 0 Å². The number of carbonyl (C=O) groups is 1. The molecule has 4 aromatic carbocycles. The number of aromatic nitrogens is 3. The first-order chi connectivity index (χ1) is 19.5. The molecule has 0 radical (unpaired) electrons. The predicted octanol–water partition coefficient (Wildman–Crippen LogP) is 7.44. The van der Waals surface area contributed by atoms with Crippen LogP contribution in [-0.4, -0.2) is 20.9 Å². The second-order valence-corrected chi connectivity index (χ2v) is 10.0. The van der Waals surface area contributed by atoms with E-state index < -0.39 is 5.63 Å². The number of hydrogen-bond donors (Lipinski definition) is 1. The van der Waals surface area contributed by atoms with Crippen molar-refractivity contribution in [2.75, 3.05) is 5.32 Å². The van der Waals surface area contributed by atoms with Gasteiger partial charge in [0.1, 0.15) is 16.6 Å². The number of hydrogen-bond acceptors (Lipinski definition) is 5. The third kappa shape index (κ3) is 5.11. The maximum atomic E-state index is 13.2. The van der Waals surface area contributed by atoms with Gasteiger partial charge in [0.15, 0.2) is 0 Å². The van der Waals surface area contributed by atoms with Gasteiger partial charge in [-0.05, 0) is 72.5 Å². The highest BCUT2D eigenvalue weighted by Gasteiger charge is 2.15. The van der Waals surface area contributed by atoms with Crippen molar-refractivity contribution in [1.82, 2.24) is 15.0 Å². The van der Waals surface area contributed by atoms with Crippen molar-refractivity contribution in [3.8, 4) is 16.8 Å². The summed E-state index contributed by atoms with van der Waals surface area (Å²) in [5.74, 6) is -0.372. The Balaban J connectivity index is 1.25. The van der Waals surface area contributed by atoms with Crippen molar-refractivity contribution in [2.45, 2.75) is 26.2 Å². The molecule has 0 saturated heterocycles. The highest BCUT2D eigenvalue weighted by atomic mass is 35.5. The molecule has 6 aromatic rings. The fourth-order valence-electron chi connectivity index (χ4n) is 4.61. The number of nitrogens with zero attached hydrogens (tertiary/aromatic N) is 3. The van der Waals surface area contributed by atoms with Crippen LogP contribution in [0.2, 0.25) is 5.02 Å². The zero-order chi connectivity index (χ0) is 27.6. The van der Waals surface area contributed by atoms with Gasteiger partial charge in [-0.15, -0.1) is 10.2 Å². The number of benzene rings is 4. The molecule has 1 amide bonds. The van der Waals surface area contributed by atoms with Gasteiger partial charge in [0.05, 0.1) is 22.0 Å². The maximum absolute atomic E-state index is 13.2. The molecule has 2 heterocycles. The van der Waals surface area contributed by atoms with Crippen LogP contribution in [0.1, 0.15) is 35.7 Å². The highest BCUT2D eigenvalue weighted by molar-refractivity contribution is 6.34. The smallest absolute Gasteiger partial charge is 0.344 e. The van der Waals surface area contributed by atoms with Crippen LogP contribution >= 0.6 is 11.6 Å². The van der Waals surface area contributed by atoms with Crippen molar-refractivity contribution in [1.29, 1.82) is 0 Å². The largest absolute Gasteiger partial charge is 0.422 e. The van der Waals surface area contributed by atoms with Gasteiger partial charge in [-0.2, -0.15) is 4.80 Å². The van der Waals surface area contributed by atoms with Gasteiger partial charge in [0.2, 0.25) is 0 Å². The number of carbonyl (C=O) groups excluding carboxylic acids is 1. The molecule has 198 valence electrons. The monoisotopic (exact) mass is 548 g/mol. The number of fused-ring (bicyclic) bond motifs is 2. The molecule has 2 aromatic heterocycles. The van der Waals surface area contributed by atoms with E-state index in [1.54, 1.807) is 53.3 Å². The summed E-state index contributed by atoms with van der Waals surface area (Å²) >= 11 is 6.52. The second-order valence-electron chi connectivity index (χ2n) is 9.60. The van der Waals surface area contributed by atoms with Crippen molar-refractivity contribution < 1.29 is 9.21 Å². The Labute approximate surface area is 235 Å². The number of rotatable bonds is 7. The van der Waals surface area contributed by atoms with E-state index in [1.165, 1.54) is 5.56 Å². The lowest BCUT2D eigenvalue weighted by atomic mass is 10.0. The average molecular weight is 549 g/mol. The SMILES string of the molecule is CCCCc1ccc(-n2nc3cc(Cl)c(NC(=O)c4cccc(-c5cc6ccccc6oc5=O)c4)cc3n2)cc1. The summed E-state index contributed by atoms with van der Waals surface area (Å²) in [6.45, 7) is 2.18. The lowest BCUT2D eigenvalue weighted by molar-refractivity contribution is 0.102. The van der Waals surface area contributed by atoms with E-state index in [0.717, 1.165) is 30.3 Å². The Kier molecular flexibility index (Phi) is 6.88. The number of anilines is 1.